The van der Waals surface area contributed by atoms with Crippen LogP contribution in [0.1, 0.15) is 16.8 Å². The predicted molar refractivity (Wildman–Crippen MR) is 62.4 cm³/mol. The quantitative estimate of drug-likeness (QED) is 0.349. The fourth-order valence-corrected chi connectivity index (χ4v) is 2.61. The third-order valence-corrected chi connectivity index (χ3v) is 3.38. The number of nitriles is 2. The second kappa shape index (κ2) is 5.65. The summed E-state index contributed by atoms with van der Waals surface area (Å²) in [6, 6.07) is 4.03. The first-order chi connectivity index (χ1) is 7.19. The zero-order chi connectivity index (χ0) is 11.3. The van der Waals surface area contributed by atoms with Crippen molar-refractivity contribution in [1.29, 1.82) is 10.5 Å². The Labute approximate surface area is 97.5 Å². The van der Waals surface area contributed by atoms with Gasteiger partial charge in [-0.25, -0.2) is 4.98 Å². The molecule has 1 aromatic heterocycles. The van der Waals surface area contributed by atoms with E-state index in [1.54, 1.807) is 0 Å². The minimum absolute atomic E-state index is 0.598. The lowest BCUT2D eigenvalue weighted by molar-refractivity contribution is 1.03. The summed E-state index contributed by atoms with van der Waals surface area (Å²) in [5, 5.41) is 20.7. The van der Waals surface area contributed by atoms with Crippen molar-refractivity contribution in [3.8, 4) is 11.5 Å². The van der Waals surface area contributed by atoms with E-state index in [0.29, 0.717) is 10.6 Å². The van der Waals surface area contributed by atoms with E-state index in [1.807, 2.05) is 25.3 Å². The van der Waals surface area contributed by atoms with E-state index in [1.165, 1.54) is 11.8 Å². The maximum absolute atomic E-state index is 8.97. The summed E-state index contributed by atoms with van der Waals surface area (Å²) in [4.78, 5) is 4.29. The van der Waals surface area contributed by atoms with E-state index in [0.717, 1.165) is 28.0 Å². The van der Waals surface area contributed by atoms with Crippen molar-refractivity contribution >= 4 is 23.5 Å². The summed E-state index contributed by atoms with van der Waals surface area (Å²) >= 11 is 2.58. The second-order valence-corrected chi connectivity index (χ2v) is 4.96. The molecule has 0 atom stereocenters. The average Bonchev–Trinajstić information content (AvgIpc) is 2.17. The predicted octanol–water partition coefficient (Wildman–Crippen LogP) is 2.83. The van der Waals surface area contributed by atoms with E-state index in [4.69, 9.17) is 10.5 Å². The normalized spacial score (nSPS) is 9.33. The summed E-state index contributed by atoms with van der Waals surface area (Å²) < 4.78 is 0. The number of aromatic nitrogens is 1. The molecule has 5 heteroatoms. The van der Waals surface area contributed by atoms with Crippen LogP contribution in [0.15, 0.2) is 11.1 Å². The van der Waals surface area contributed by atoms with Crippen molar-refractivity contribution in [3.63, 3.8) is 0 Å². The van der Waals surface area contributed by atoms with Gasteiger partial charge in [-0.05, 0) is 37.2 Å². The van der Waals surface area contributed by atoms with Gasteiger partial charge in [0.2, 0.25) is 0 Å². The number of pyridine rings is 1. The third-order valence-electron chi connectivity index (χ3n) is 1.74. The van der Waals surface area contributed by atoms with Crippen LogP contribution < -0.4 is 0 Å². The molecule has 0 bridgehead atoms. The minimum atomic E-state index is 0.598. The molecule has 3 nitrogen and oxygen atoms in total. The highest BCUT2D eigenvalue weighted by molar-refractivity contribution is 8.18. The van der Waals surface area contributed by atoms with Gasteiger partial charge in [0, 0.05) is 5.69 Å². The maximum atomic E-state index is 8.97. The van der Waals surface area contributed by atoms with E-state index < -0.39 is 0 Å². The van der Waals surface area contributed by atoms with Crippen molar-refractivity contribution in [1.82, 2.24) is 4.98 Å². The number of nitrogens with zero attached hydrogens (tertiary/aromatic N) is 3. The standard InChI is InChI=1S/C10H9N3S2/c1-7-3-8(2)13-10(9(7)4-11)15-6-14-5-12/h3H,6H2,1-2H3. The Morgan fingerprint density at radius 3 is 2.73 bits per heavy atom. The zero-order valence-electron chi connectivity index (χ0n) is 8.44. The minimum Gasteiger partial charge on any atom is -0.245 e. The lowest BCUT2D eigenvalue weighted by Gasteiger charge is -2.05. The van der Waals surface area contributed by atoms with Crippen LogP contribution in [0.2, 0.25) is 0 Å². The lowest BCUT2D eigenvalue weighted by Crippen LogP contribution is -1.94. The van der Waals surface area contributed by atoms with Crippen LogP contribution in [0.25, 0.3) is 0 Å². The number of hydrogen-bond donors (Lipinski definition) is 0. The summed E-state index contributed by atoms with van der Waals surface area (Å²) in [6.45, 7) is 3.80. The summed E-state index contributed by atoms with van der Waals surface area (Å²) in [5.74, 6) is 0. The number of thioether (sulfide) groups is 2. The Kier molecular flexibility index (Phi) is 4.48. The lowest BCUT2D eigenvalue weighted by atomic mass is 10.1. The van der Waals surface area contributed by atoms with Crippen LogP contribution >= 0.6 is 23.5 Å². The van der Waals surface area contributed by atoms with Crippen molar-refractivity contribution < 1.29 is 0 Å². The number of aryl methyl sites for hydroxylation is 2. The van der Waals surface area contributed by atoms with Gasteiger partial charge in [-0.1, -0.05) is 11.8 Å². The molecule has 0 aromatic carbocycles. The molecule has 0 aliphatic carbocycles. The molecule has 15 heavy (non-hydrogen) atoms. The van der Waals surface area contributed by atoms with Crippen LogP contribution in [0.4, 0.5) is 0 Å². The van der Waals surface area contributed by atoms with Gasteiger partial charge in [-0.2, -0.15) is 10.5 Å². The number of thiocyanates is 1. The first-order valence-corrected chi connectivity index (χ1v) is 6.18. The summed E-state index contributed by atoms with van der Waals surface area (Å²) in [6.07, 6.45) is 0. The molecule has 0 radical (unpaired) electrons. The Morgan fingerprint density at radius 2 is 2.13 bits per heavy atom. The second-order valence-electron chi connectivity index (χ2n) is 2.87. The molecular weight excluding hydrogens is 226 g/mol. The molecule has 0 aliphatic heterocycles. The summed E-state index contributed by atoms with van der Waals surface area (Å²) in [5.41, 5.74) is 2.45. The average molecular weight is 235 g/mol. The van der Waals surface area contributed by atoms with E-state index >= 15 is 0 Å². The van der Waals surface area contributed by atoms with Gasteiger partial charge >= 0.3 is 0 Å². The van der Waals surface area contributed by atoms with Crippen LogP contribution in [-0.4, -0.2) is 10.1 Å². The first kappa shape index (κ1) is 11.9. The molecule has 1 rings (SSSR count). The topological polar surface area (TPSA) is 60.5 Å². The molecule has 1 heterocycles. The molecule has 0 saturated heterocycles. The van der Waals surface area contributed by atoms with Gasteiger partial charge < -0.3 is 0 Å². The van der Waals surface area contributed by atoms with Crippen LogP contribution in [0.3, 0.4) is 0 Å². The fourth-order valence-electron chi connectivity index (χ4n) is 1.15. The largest absolute Gasteiger partial charge is 0.245 e. The van der Waals surface area contributed by atoms with Crippen LogP contribution in [0, 0.1) is 35.8 Å². The van der Waals surface area contributed by atoms with Crippen molar-refractivity contribution in [2.75, 3.05) is 5.08 Å². The van der Waals surface area contributed by atoms with Crippen molar-refractivity contribution in [2.24, 2.45) is 0 Å². The molecule has 0 spiro atoms. The van der Waals surface area contributed by atoms with Gasteiger partial charge in [0.25, 0.3) is 0 Å². The van der Waals surface area contributed by atoms with Crippen LogP contribution in [-0.2, 0) is 0 Å². The van der Waals surface area contributed by atoms with Gasteiger partial charge in [0.15, 0.2) is 0 Å². The van der Waals surface area contributed by atoms with E-state index in [9.17, 15) is 0 Å². The van der Waals surface area contributed by atoms with Gasteiger partial charge in [0.05, 0.1) is 10.6 Å². The van der Waals surface area contributed by atoms with Gasteiger partial charge in [-0.15, -0.1) is 0 Å². The molecule has 1 aromatic rings. The first-order valence-electron chi connectivity index (χ1n) is 4.21. The number of rotatable bonds is 3. The Hall–Kier alpha value is -1.17. The SMILES string of the molecule is Cc1cc(C)c(C#N)c(SCSC#N)n1. The Morgan fingerprint density at radius 1 is 1.40 bits per heavy atom. The number of hydrogen-bond acceptors (Lipinski definition) is 5. The van der Waals surface area contributed by atoms with Crippen LogP contribution in [0.5, 0.6) is 0 Å². The highest BCUT2D eigenvalue weighted by Gasteiger charge is 2.08. The van der Waals surface area contributed by atoms with Gasteiger partial charge in [-0.3, -0.25) is 0 Å². The fraction of sp³-hybridized carbons (Fsp3) is 0.300. The van der Waals surface area contributed by atoms with Crippen molar-refractivity contribution in [2.45, 2.75) is 18.9 Å². The van der Waals surface area contributed by atoms with E-state index in [-0.39, 0.29) is 0 Å². The maximum Gasteiger partial charge on any atom is 0.134 e. The van der Waals surface area contributed by atoms with E-state index in [2.05, 4.69) is 11.1 Å². The Balaban J connectivity index is 2.96. The highest BCUT2D eigenvalue weighted by atomic mass is 32.2. The molecule has 0 N–H and O–H groups in total. The molecule has 0 aliphatic rings. The molecular formula is C10H9N3S2. The third kappa shape index (κ3) is 3.16. The monoisotopic (exact) mass is 235 g/mol. The molecule has 0 unspecified atom stereocenters. The van der Waals surface area contributed by atoms with Crippen molar-refractivity contribution in [3.05, 3.63) is 22.9 Å². The van der Waals surface area contributed by atoms with Gasteiger partial charge in [0.1, 0.15) is 16.5 Å². The zero-order valence-corrected chi connectivity index (χ0v) is 10.1. The smallest absolute Gasteiger partial charge is 0.134 e. The molecule has 0 saturated carbocycles. The Bertz CT molecular complexity index is 443. The summed E-state index contributed by atoms with van der Waals surface area (Å²) in [7, 11) is 0. The molecule has 0 fully saturated rings. The highest BCUT2D eigenvalue weighted by Crippen LogP contribution is 2.26. The molecule has 76 valence electrons. The molecule has 0 amide bonds.